The van der Waals surface area contributed by atoms with Gasteiger partial charge >= 0.3 is 0 Å². The molecule has 0 unspecified atom stereocenters. The molecule has 2 heterocycles. The Morgan fingerprint density at radius 1 is 1.14 bits per heavy atom. The van der Waals surface area contributed by atoms with Crippen molar-refractivity contribution in [3.05, 3.63) is 64.1 Å². The van der Waals surface area contributed by atoms with E-state index in [1.165, 1.54) is 18.0 Å². The van der Waals surface area contributed by atoms with Crippen molar-refractivity contribution in [3.63, 3.8) is 0 Å². The zero-order valence-corrected chi connectivity index (χ0v) is 20.1. The molecule has 0 radical (unpaired) electrons. The molecule has 2 amide bonds. The van der Waals surface area contributed by atoms with E-state index in [4.69, 9.17) is 14.2 Å². The molecule has 1 fully saturated rings. The molecule has 0 atom stereocenters. The van der Waals surface area contributed by atoms with Gasteiger partial charge in [-0.25, -0.2) is 10.1 Å². The van der Waals surface area contributed by atoms with Gasteiger partial charge < -0.3 is 19.1 Å². The summed E-state index contributed by atoms with van der Waals surface area (Å²) in [5, 5.41) is 9.08. The summed E-state index contributed by atoms with van der Waals surface area (Å²) in [6, 6.07) is 11.9. The van der Waals surface area contributed by atoms with Gasteiger partial charge in [-0.2, -0.15) is 10.2 Å². The fourth-order valence-electron chi connectivity index (χ4n) is 3.76. The lowest BCUT2D eigenvalue weighted by Gasteiger charge is -2.26. The number of hydrazone groups is 1. The molecule has 1 aromatic heterocycles. The number of amides is 2. The van der Waals surface area contributed by atoms with E-state index in [1.807, 2.05) is 0 Å². The number of ether oxygens (including phenoxy) is 3. The van der Waals surface area contributed by atoms with Crippen LogP contribution in [0, 0.1) is 0 Å². The topological polar surface area (TPSA) is 124 Å². The van der Waals surface area contributed by atoms with Crippen LogP contribution in [0.5, 0.6) is 11.5 Å². The Hall–Kier alpha value is -4.25. The van der Waals surface area contributed by atoms with Gasteiger partial charge in [0.2, 0.25) is 0 Å². The Morgan fingerprint density at radius 3 is 2.61 bits per heavy atom. The maximum atomic E-state index is 12.8. The summed E-state index contributed by atoms with van der Waals surface area (Å²) in [6.07, 6.45) is 1.45. The minimum absolute atomic E-state index is 0.107. The predicted octanol–water partition coefficient (Wildman–Crippen LogP) is 1.43. The van der Waals surface area contributed by atoms with E-state index in [2.05, 4.69) is 15.6 Å². The number of benzene rings is 2. The Morgan fingerprint density at radius 2 is 1.89 bits per heavy atom. The third-order valence-electron chi connectivity index (χ3n) is 5.66. The van der Waals surface area contributed by atoms with Crippen LogP contribution in [0.2, 0.25) is 0 Å². The summed E-state index contributed by atoms with van der Waals surface area (Å²) in [7, 11) is 1.49. The monoisotopic (exact) mass is 493 g/mol. The van der Waals surface area contributed by atoms with Crippen LogP contribution in [-0.4, -0.2) is 72.7 Å². The second-order valence-electron chi connectivity index (χ2n) is 7.91. The number of rotatable bonds is 8. The van der Waals surface area contributed by atoms with Gasteiger partial charge in [-0.3, -0.25) is 14.4 Å². The summed E-state index contributed by atoms with van der Waals surface area (Å²) < 4.78 is 17.6. The lowest BCUT2D eigenvalue weighted by atomic mass is 10.1. The zero-order chi connectivity index (χ0) is 25.5. The van der Waals surface area contributed by atoms with Gasteiger partial charge in [-0.1, -0.05) is 18.2 Å². The maximum absolute atomic E-state index is 12.8. The van der Waals surface area contributed by atoms with Gasteiger partial charge in [0.15, 0.2) is 23.8 Å². The number of carbonyl (C=O) groups excluding carboxylic acids is 2. The number of fused-ring (bicyclic) bond motifs is 1. The van der Waals surface area contributed by atoms with Crippen molar-refractivity contribution >= 4 is 28.8 Å². The SMILES string of the molecule is CCn1nc(C(=O)N/N=C/c2ccc(OCC(=O)N3CCOCC3)c(OC)c2)c2ccccc2c1=O. The Labute approximate surface area is 207 Å². The largest absolute Gasteiger partial charge is 0.493 e. The maximum Gasteiger partial charge on any atom is 0.292 e. The number of hydrogen-bond acceptors (Lipinski definition) is 8. The molecule has 0 spiro atoms. The van der Waals surface area contributed by atoms with E-state index in [0.29, 0.717) is 60.7 Å². The van der Waals surface area contributed by atoms with Crippen molar-refractivity contribution in [2.75, 3.05) is 40.0 Å². The molecule has 4 rings (SSSR count). The van der Waals surface area contributed by atoms with Crippen LogP contribution in [0.15, 0.2) is 52.4 Å². The molecule has 188 valence electrons. The van der Waals surface area contributed by atoms with E-state index in [9.17, 15) is 14.4 Å². The Bertz CT molecular complexity index is 1350. The van der Waals surface area contributed by atoms with Gasteiger partial charge in [0.1, 0.15) is 0 Å². The van der Waals surface area contributed by atoms with Gasteiger partial charge in [-0.05, 0) is 36.8 Å². The molecule has 2 aromatic carbocycles. The number of morpholine rings is 1. The highest BCUT2D eigenvalue weighted by Gasteiger charge is 2.18. The number of aryl methyl sites for hydroxylation is 1. The second-order valence-corrected chi connectivity index (χ2v) is 7.91. The number of carbonyl (C=O) groups is 2. The molecular formula is C25H27N5O6. The standard InChI is InChI=1S/C25H27N5O6/c1-3-30-25(33)19-7-5-4-6-18(19)23(28-30)24(32)27-26-15-17-8-9-20(21(14-17)34-2)36-16-22(31)29-10-12-35-13-11-29/h4-9,14-15H,3,10-13,16H2,1-2H3,(H,27,32)/b26-15+. The first-order chi connectivity index (χ1) is 17.5. The van der Waals surface area contributed by atoms with Gasteiger partial charge in [-0.15, -0.1) is 0 Å². The number of nitrogens with one attached hydrogen (secondary N) is 1. The van der Waals surface area contributed by atoms with Crippen molar-refractivity contribution in [2.45, 2.75) is 13.5 Å². The molecule has 1 aliphatic heterocycles. The third-order valence-corrected chi connectivity index (χ3v) is 5.66. The lowest BCUT2D eigenvalue weighted by molar-refractivity contribution is -0.137. The van der Waals surface area contributed by atoms with Crippen LogP contribution < -0.4 is 20.5 Å². The van der Waals surface area contributed by atoms with Crippen LogP contribution >= 0.6 is 0 Å². The first-order valence-electron chi connectivity index (χ1n) is 11.5. The molecular weight excluding hydrogens is 466 g/mol. The van der Waals surface area contributed by atoms with E-state index in [-0.39, 0.29) is 23.8 Å². The smallest absolute Gasteiger partial charge is 0.292 e. The molecule has 1 N–H and O–H groups in total. The van der Waals surface area contributed by atoms with Gasteiger partial charge in [0, 0.05) is 25.0 Å². The zero-order valence-electron chi connectivity index (χ0n) is 20.1. The molecule has 1 aliphatic rings. The van der Waals surface area contributed by atoms with Crippen LogP contribution in [0.1, 0.15) is 23.0 Å². The highest BCUT2D eigenvalue weighted by molar-refractivity contribution is 6.05. The van der Waals surface area contributed by atoms with Crippen LogP contribution in [0.4, 0.5) is 0 Å². The summed E-state index contributed by atoms with van der Waals surface area (Å²) >= 11 is 0. The molecule has 1 saturated heterocycles. The fourth-order valence-corrected chi connectivity index (χ4v) is 3.76. The Balaban J connectivity index is 1.43. The minimum atomic E-state index is -0.543. The van der Waals surface area contributed by atoms with E-state index in [1.54, 1.807) is 54.3 Å². The van der Waals surface area contributed by atoms with Crippen molar-refractivity contribution in [1.82, 2.24) is 20.1 Å². The highest BCUT2D eigenvalue weighted by Crippen LogP contribution is 2.27. The number of hydrogen-bond donors (Lipinski definition) is 1. The molecule has 36 heavy (non-hydrogen) atoms. The van der Waals surface area contributed by atoms with Crippen molar-refractivity contribution in [1.29, 1.82) is 0 Å². The van der Waals surface area contributed by atoms with E-state index < -0.39 is 5.91 Å². The van der Waals surface area contributed by atoms with Crippen LogP contribution in [0.3, 0.4) is 0 Å². The Kier molecular flexibility index (Phi) is 7.91. The summed E-state index contributed by atoms with van der Waals surface area (Å²) in [4.78, 5) is 39.3. The molecule has 3 aromatic rings. The van der Waals surface area contributed by atoms with E-state index >= 15 is 0 Å². The van der Waals surface area contributed by atoms with Crippen molar-refractivity contribution in [3.8, 4) is 11.5 Å². The second kappa shape index (κ2) is 11.5. The molecule has 11 nitrogen and oxygen atoms in total. The molecule has 11 heteroatoms. The van der Waals surface area contributed by atoms with Gasteiger partial charge in [0.25, 0.3) is 17.4 Å². The first kappa shape index (κ1) is 24.9. The number of aromatic nitrogens is 2. The van der Waals surface area contributed by atoms with E-state index in [0.717, 1.165) is 0 Å². The van der Waals surface area contributed by atoms with Crippen molar-refractivity contribution in [2.24, 2.45) is 5.10 Å². The number of methoxy groups -OCH3 is 1. The normalized spacial score (nSPS) is 13.7. The summed E-state index contributed by atoms with van der Waals surface area (Å²) in [6.45, 7) is 4.14. The van der Waals surface area contributed by atoms with Crippen LogP contribution in [0.25, 0.3) is 10.8 Å². The predicted molar refractivity (Wildman–Crippen MR) is 133 cm³/mol. The average molecular weight is 494 g/mol. The minimum Gasteiger partial charge on any atom is -0.493 e. The molecule has 0 saturated carbocycles. The first-order valence-corrected chi connectivity index (χ1v) is 11.5. The van der Waals surface area contributed by atoms with Crippen molar-refractivity contribution < 1.29 is 23.8 Å². The fraction of sp³-hybridized carbons (Fsp3) is 0.320. The van der Waals surface area contributed by atoms with Crippen LogP contribution in [-0.2, 0) is 16.1 Å². The average Bonchev–Trinajstić information content (AvgIpc) is 2.92. The molecule has 0 aliphatic carbocycles. The summed E-state index contributed by atoms with van der Waals surface area (Å²) in [5.74, 6) is 0.169. The number of nitrogens with zero attached hydrogens (tertiary/aromatic N) is 4. The van der Waals surface area contributed by atoms with Gasteiger partial charge in [0.05, 0.1) is 31.9 Å². The third kappa shape index (κ3) is 5.52. The molecule has 0 bridgehead atoms. The quantitative estimate of drug-likeness (QED) is 0.372. The highest BCUT2D eigenvalue weighted by atomic mass is 16.5. The summed E-state index contributed by atoms with van der Waals surface area (Å²) in [5.41, 5.74) is 2.95. The lowest BCUT2D eigenvalue weighted by Crippen LogP contribution is -2.43.